The van der Waals surface area contributed by atoms with E-state index in [1.165, 1.54) is 24.3 Å². The van der Waals surface area contributed by atoms with Gasteiger partial charge in [0, 0.05) is 24.6 Å². The van der Waals surface area contributed by atoms with E-state index in [0.717, 1.165) is 6.08 Å². The van der Waals surface area contributed by atoms with Gasteiger partial charge in [0.15, 0.2) is 11.6 Å². The summed E-state index contributed by atoms with van der Waals surface area (Å²) in [4.78, 5) is 27.5. The normalized spacial score (nSPS) is 19.0. The van der Waals surface area contributed by atoms with Crippen molar-refractivity contribution in [3.63, 3.8) is 0 Å². The lowest BCUT2D eigenvalue weighted by Crippen LogP contribution is -2.31. The molecule has 1 N–H and O–H groups in total. The van der Waals surface area contributed by atoms with E-state index in [2.05, 4.69) is 4.98 Å². The third-order valence-corrected chi connectivity index (χ3v) is 4.65. The molecule has 0 amide bonds. The average Bonchev–Trinajstić information content (AvgIpc) is 2.69. The summed E-state index contributed by atoms with van der Waals surface area (Å²) in [5.74, 6) is -5.03. The number of nitrogens with zero attached hydrogens (tertiary/aromatic N) is 1. The minimum Gasteiger partial charge on any atom is -0.511 e. The number of carbonyl (C=O) groups is 2. The molecule has 1 aliphatic rings. The van der Waals surface area contributed by atoms with Crippen LogP contribution in [-0.2, 0) is 20.5 Å². The second-order valence-electron chi connectivity index (χ2n) is 6.76. The Bertz CT molecular complexity index is 1020. The number of halogens is 4. The fraction of sp³-hybridized carbons (Fsp3) is 0.286. The van der Waals surface area contributed by atoms with Crippen LogP contribution in [0.4, 0.5) is 17.6 Å². The van der Waals surface area contributed by atoms with Crippen molar-refractivity contribution in [1.29, 1.82) is 0 Å². The van der Waals surface area contributed by atoms with Crippen LogP contribution in [0.5, 0.6) is 11.6 Å². The van der Waals surface area contributed by atoms with Crippen LogP contribution in [0.3, 0.4) is 0 Å². The van der Waals surface area contributed by atoms with Crippen molar-refractivity contribution in [1.82, 2.24) is 4.98 Å². The zero-order valence-corrected chi connectivity index (χ0v) is 16.1. The predicted molar refractivity (Wildman–Crippen MR) is 98.9 cm³/mol. The SMILES string of the molecule is CCOC(=O)C1C(O)=CC(=O)CC1c1ccc(Oc2ncc(C(F)(F)F)cc2F)cc1. The molecule has 10 heteroatoms. The van der Waals surface area contributed by atoms with Gasteiger partial charge in [0.25, 0.3) is 5.88 Å². The number of benzene rings is 1. The van der Waals surface area contributed by atoms with Crippen LogP contribution < -0.4 is 4.74 Å². The number of aliphatic hydroxyl groups is 1. The molecule has 2 unspecified atom stereocenters. The molecule has 0 radical (unpaired) electrons. The van der Waals surface area contributed by atoms with E-state index in [-0.39, 0.29) is 30.6 Å². The molecule has 0 fully saturated rings. The van der Waals surface area contributed by atoms with Crippen molar-refractivity contribution >= 4 is 11.8 Å². The number of aromatic nitrogens is 1. The first-order chi connectivity index (χ1) is 14.6. The Morgan fingerprint density at radius 2 is 1.94 bits per heavy atom. The van der Waals surface area contributed by atoms with E-state index in [1.54, 1.807) is 6.92 Å². The molecule has 3 rings (SSSR count). The Labute approximate surface area is 174 Å². The van der Waals surface area contributed by atoms with E-state index >= 15 is 0 Å². The van der Waals surface area contributed by atoms with Crippen LogP contribution in [0.2, 0.25) is 0 Å². The molecular formula is C21H17F4NO5. The maximum Gasteiger partial charge on any atom is 0.417 e. The molecule has 31 heavy (non-hydrogen) atoms. The van der Waals surface area contributed by atoms with E-state index in [9.17, 15) is 32.3 Å². The molecule has 0 bridgehead atoms. The highest BCUT2D eigenvalue weighted by atomic mass is 19.4. The fourth-order valence-electron chi connectivity index (χ4n) is 3.23. The smallest absolute Gasteiger partial charge is 0.417 e. The van der Waals surface area contributed by atoms with Crippen molar-refractivity contribution in [3.05, 3.63) is 65.3 Å². The molecule has 1 aliphatic carbocycles. The van der Waals surface area contributed by atoms with E-state index in [4.69, 9.17) is 9.47 Å². The Hall–Kier alpha value is -3.43. The Kier molecular flexibility index (Phi) is 6.28. The van der Waals surface area contributed by atoms with Gasteiger partial charge in [-0.2, -0.15) is 13.2 Å². The molecule has 0 saturated carbocycles. The standard InChI is InChI=1S/C21H17F4NO5/c1-2-30-20(29)18-15(8-13(27)9-17(18)28)11-3-5-14(6-4-11)31-19-16(22)7-12(10-26-19)21(23,24)25/h3-7,9-10,15,18,28H,2,8H2,1H3. The second kappa shape index (κ2) is 8.75. The van der Waals surface area contributed by atoms with E-state index in [1.807, 2.05) is 0 Å². The highest BCUT2D eigenvalue weighted by Gasteiger charge is 2.39. The lowest BCUT2D eigenvalue weighted by molar-refractivity contribution is -0.149. The number of pyridine rings is 1. The number of alkyl halides is 3. The molecular weight excluding hydrogens is 422 g/mol. The first kappa shape index (κ1) is 22.3. The van der Waals surface area contributed by atoms with Gasteiger partial charge >= 0.3 is 12.1 Å². The zero-order chi connectivity index (χ0) is 22.8. The minimum atomic E-state index is -4.74. The predicted octanol–water partition coefficient (Wildman–Crippen LogP) is 4.71. The van der Waals surface area contributed by atoms with Gasteiger partial charge in [0.05, 0.1) is 12.2 Å². The van der Waals surface area contributed by atoms with E-state index < -0.39 is 47.0 Å². The van der Waals surface area contributed by atoms with Gasteiger partial charge in [-0.05, 0) is 30.7 Å². The number of ketones is 1. The Morgan fingerprint density at radius 1 is 1.26 bits per heavy atom. The largest absolute Gasteiger partial charge is 0.511 e. The molecule has 0 spiro atoms. The van der Waals surface area contributed by atoms with Gasteiger partial charge in [-0.3, -0.25) is 9.59 Å². The summed E-state index contributed by atoms with van der Waals surface area (Å²) in [5, 5.41) is 10.1. The number of carbonyl (C=O) groups excluding carboxylic acids is 2. The molecule has 164 valence electrons. The van der Waals surface area contributed by atoms with Crippen LogP contribution in [0.1, 0.15) is 30.4 Å². The number of ether oxygens (including phenoxy) is 2. The van der Waals surface area contributed by atoms with Crippen molar-refractivity contribution < 1.29 is 41.7 Å². The van der Waals surface area contributed by atoms with Crippen LogP contribution >= 0.6 is 0 Å². The van der Waals surface area contributed by atoms with Crippen LogP contribution in [0, 0.1) is 11.7 Å². The summed E-state index contributed by atoms with van der Waals surface area (Å²) >= 11 is 0. The maximum atomic E-state index is 13.9. The van der Waals surface area contributed by atoms with Gasteiger partial charge in [-0.15, -0.1) is 0 Å². The fourth-order valence-corrected chi connectivity index (χ4v) is 3.23. The highest BCUT2D eigenvalue weighted by Crippen LogP contribution is 2.38. The Morgan fingerprint density at radius 3 is 2.52 bits per heavy atom. The molecule has 2 atom stereocenters. The van der Waals surface area contributed by atoms with Crippen LogP contribution in [0.25, 0.3) is 0 Å². The third-order valence-electron chi connectivity index (χ3n) is 4.65. The summed E-state index contributed by atoms with van der Waals surface area (Å²) in [6.45, 7) is 1.71. The first-order valence-corrected chi connectivity index (χ1v) is 9.20. The first-order valence-electron chi connectivity index (χ1n) is 9.20. The minimum absolute atomic E-state index is 0.0389. The maximum absolute atomic E-state index is 13.9. The van der Waals surface area contributed by atoms with Crippen molar-refractivity contribution in [2.24, 2.45) is 5.92 Å². The lowest BCUT2D eigenvalue weighted by Gasteiger charge is -2.28. The van der Waals surface area contributed by atoms with Gasteiger partial charge in [0.1, 0.15) is 17.4 Å². The van der Waals surface area contributed by atoms with E-state index in [0.29, 0.717) is 11.8 Å². The molecule has 6 nitrogen and oxygen atoms in total. The quantitative estimate of drug-likeness (QED) is 0.537. The van der Waals surface area contributed by atoms with Crippen molar-refractivity contribution in [2.75, 3.05) is 6.61 Å². The topological polar surface area (TPSA) is 85.7 Å². The van der Waals surface area contributed by atoms with Crippen LogP contribution in [-0.4, -0.2) is 28.4 Å². The molecule has 2 aromatic rings. The second-order valence-corrected chi connectivity index (χ2v) is 6.76. The monoisotopic (exact) mass is 439 g/mol. The number of esters is 1. The number of rotatable bonds is 5. The number of hydrogen-bond acceptors (Lipinski definition) is 6. The van der Waals surface area contributed by atoms with Gasteiger partial charge in [-0.25, -0.2) is 9.37 Å². The number of aliphatic hydroxyl groups excluding tert-OH is 1. The summed E-state index contributed by atoms with van der Waals surface area (Å²) in [7, 11) is 0. The van der Waals surface area contributed by atoms with Gasteiger partial charge in [0.2, 0.25) is 0 Å². The number of allylic oxidation sites excluding steroid dienone is 1. The summed E-state index contributed by atoms with van der Waals surface area (Å²) in [6.07, 6.45) is -3.32. The Balaban J connectivity index is 1.81. The van der Waals surface area contributed by atoms with Crippen LogP contribution in [0.15, 0.2) is 48.4 Å². The van der Waals surface area contributed by atoms with Crippen molar-refractivity contribution in [3.8, 4) is 11.6 Å². The molecule has 1 heterocycles. The lowest BCUT2D eigenvalue weighted by atomic mass is 9.77. The highest BCUT2D eigenvalue weighted by molar-refractivity contribution is 5.94. The summed E-state index contributed by atoms with van der Waals surface area (Å²) in [6, 6.07) is 6.05. The van der Waals surface area contributed by atoms with Gasteiger partial charge < -0.3 is 14.6 Å². The molecule has 0 aliphatic heterocycles. The third kappa shape index (κ3) is 5.01. The molecule has 1 aromatic carbocycles. The zero-order valence-electron chi connectivity index (χ0n) is 16.1. The average molecular weight is 439 g/mol. The van der Waals surface area contributed by atoms with Crippen molar-refractivity contribution in [2.45, 2.75) is 25.4 Å². The summed E-state index contributed by atoms with van der Waals surface area (Å²) < 4.78 is 61.9. The molecule has 1 aromatic heterocycles. The number of hydrogen-bond donors (Lipinski definition) is 1. The molecule has 0 saturated heterocycles. The summed E-state index contributed by atoms with van der Waals surface area (Å²) in [5.41, 5.74) is -0.730. The van der Waals surface area contributed by atoms with Gasteiger partial charge in [-0.1, -0.05) is 12.1 Å².